The van der Waals surface area contributed by atoms with E-state index in [1.165, 1.54) is 0 Å². The summed E-state index contributed by atoms with van der Waals surface area (Å²) in [6, 6.07) is 20.8. The molecule has 0 saturated heterocycles. The van der Waals surface area contributed by atoms with Crippen LogP contribution in [0.2, 0.25) is 0 Å². The van der Waals surface area contributed by atoms with E-state index in [4.69, 9.17) is 4.42 Å². The number of hydrogen-bond acceptors (Lipinski definition) is 3. The minimum absolute atomic E-state index is 0.140. The second kappa shape index (κ2) is 6.48. The quantitative estimate of drug-likeness (QED) is 0.545. The molecule has 26 heavy (non-hydrogen) atoms. The third kappa shape index (κ3) is 2.97. The van der Waals surface area contributed by atoms with Gasteiger partial charge in [0.05, 0.1) is 0 Å². The predicted molar refractivity (Wildman–Crippen MR) is 103 cm³/mol. The molecule has 0 unspecified atom stereocenters. The summed E-state index contributed by atoms with van der Waals surface area (Å²) >= 11 is 0. The van der Waals surface area contributed by atoms with Gasteiger partial charge in [0.2, 0.25) is 5.89 Å². The molecule has 128 valence electrons. The standard InChI is InChI=1S/C22H18N2O2/c1-14-11-12-20-19(13-14)24-22(26-20)17-9-6-10-18(15(17)2)23-21(25)16-7-4-3-5-8-16/h3-13H,1-2H3,(H,23,25). The maximum absolute atomic E-state index is 12.4. The first-order valence-corrected chi connectivity index (χ1v) is 8.45. The van der Waals surface area contributed by atoms with Crippen LogP contribution in [-0.2, 0) is 0 Å². The van der Waals surface area contributed by atoms with E-state index in [0.29, 0.717) is 11.5 Å². The van der Waals surface area contributed by atoms with Gasteiger partial charge >= 0.3 is 0 Å². The summed E-state index contributed by atoms with van der Waals surface area (Å²) in [5, 5.41) is 2.97. The number of oxazole rings is 1. The van der Waals surface area contributed by atoms with E-state index in [-0.39, 0.29) is 5.91 Å². The van der Waals surface area contributed by atoms with Gasteiger partial charge in [0.15, 0.2) is 5.58 Å². The van der Waals surface area contributed by atoms with Gasteiger partial charge in [-0.1, -0.05) is 30.3 Å². The number of benzene rings is 3. The first kappa shape index (κ1) is 16.1. The number of fused-ring (bicyclic) bond motifs is 1. The third-order valence-corrected chi connectivity index (χ3v) is 4.39. The van der Waals surface area contributed by atoms with Crippen molar-refractivity contribution in [2.24, 2.45) is 0 Å². The molecule has 4 rings (SSSR count). The number of anilines is 1. The molecule has 4 aromatic rings. The van der Waals surface area contributed by atoms with Crippen LogP contribution in [0, 0.1) is 13.8 Å². The van der Waals surface area contributed by atoms with Gasteiger partial charge in [0, 0.05) is 16.8 Å². The van der Waals surface area contributed by atoms with Crippen LogP contribution in [0.1, 0.15) is 21.5 Å². The van der Waals surface area contributed by atoms with Gasteiger partial charge < -0.3 is 9.73 Å². The van der Waals surface area contributed by atoms with Crippen molar-refractivity contribution in [2.75, 3.05) is 5.32 Å². The number of aryl methyl sites for hydroxylation is 1. The van der Waals surface area contributed by atoms with Crippen molar-refractivity contribution in [3.63, 3.8) is 0 Å². The number of rotatable bonds is 3. The fourth-order valence-corrected chi connectivity index (χ4v) is 2.94. The van der Waals surface area contributed by atoms with Crippen LogP contribution in [-0.4, -0.2) is 10.9 Å². The van der Waals surface area contributed by atoms with Gasteiger partial charge in [-0.15, -0.1) is 0 Å². The van der Waals surface area contributed by atoms with E-state index in [1.807, 2.05) is 68.4 Å². The minimum atomic E-state index is -0.140. The smallest absolute Gasteiger partial charge is 0.255 e. The highest BCUT2D eigenvalue weighted by Crippen LogP contribution is 2.31. The molecule has 1 amide bonds. The Kier molecular flexibility index (Phi) is 4.01. The van der Waals surface area contributed by atoms with Gasteiger partial charge in [0.1, 0.15) is 5.52 Å². The molecular formula is C22H18N2O2. The Bertz CT molecular complexity index is 1100. The summed E-state index contributed by atoms with van der Waals surface area (Å²) in [6.45, 7) is 3.98. The molecule has 1 heterocycles. The number of nitrogens with one attached hydrogen (secondary N) is 1. The summed E-state index contributed by atoms with van der Waals surface area (Å²) in [5.74, 6) is 0.415. The van der Waals surface area contributed by atoms with Crippen LogP contribution < -0.4 is 5.32 Å². The fraction of sp³-hybridized carbons (Fsp3) is 0.0909. The summed E-state index contributed by atoms with van der Waals surface area (Å²) in [7, 11) is 0. The Morgan fingerprint density at radius 2 is 1.77 bits per heavy atom. The Balaban J connectivity index is 1.70. The van der Waals surface area contributed by atoms with E-state index in [1.54, 1.807) is 12.1 Å². The van der Waals surface area contributed by atoms with Crippen molar-refractivity contribution in [3.8, 4) is 11.5 Å². The van der Waals surface area contributed by atoms with Crippen molar-refractivity contribution in [1.82, 2.24) is 4.98 Å². The van der Waals surface area contributed by atoms with Gasteiger partial charge in [-0.05, 0) is 61.4 Å². The molecule has 0 fully saturated rings. The lowest BCUT2D eigenvalue weighted by atomic mass is 10.1. The summed E-state index contributed by atoms with van der Waals surface area (Å²) in [4.78, 5) is 17.0. The van der Waals surface area contributed by atoms with E-state index >= 15 is 0 Å². The average Bonchev–Trinajstić information content (AvgIpc) is 3.07. The highest BCUT2D eigenvalue weighted by atomic mass is 16.3. The van der Waals surface area contributed by atoms with Crippen molar-refractivity contribution < 1.29 is 9.21 Å². The van der Waals surface area contributed by atoms with Crippen LogP contribution in [0.25, 0.3) is 22.6 Å². The van der Waals surface area contributed by atoms with Crippen LogP contribution in [0.5, 0.6) is 0 Å². The summed E-state index contributed by atoms with van der Waals surface area (Å²) in [6.07, 6.45) is 0. The van der Waals surface area contributed by atoms with Crippen LogP contribution in [0.3, 0.4) is 0 Å². The van der Waals surface area contributed by atoms with Gasteiger partial charge in [-0.2, -0.15) is 0 Å². The van der Waals surface area contributed by atoms with E-state index < -0.39 is 0 Å². The SMILES string of the molecule is Cc1ccc2oc(-c3cccc(NC(=O)c4ccccc4)c3C)nc2c1. The minimum Gasteiger partial charge on any atom is -0.436 e. The lowest BCUT2D eigenvalue weighted by Gasteiger charge is -2.11. The second-order valence-electron chi connectivity index (χ2n) is 6.29. The van der Waals surface area contributed by atoms with E-state index in [2.05, 4.69) is 10.3 Å². The van der Waals surface area contributed by atoms with Crippen LogP contribution >= 0.6 is 0 Å². The third-order valence-electron chi connectivity index (χ3n) is 4.39. The number of carbonyl (C=O) groups is 1. The van der Waals surface area contributed by atoms with Crippen molar-refractivity contribution >= 4 is 22.7 Å². The van der Waals surface area contributed by atoms with Crippen molar-refractivity contribution in [3.05, 3.63) is 83.4 Å². The number of amides is 1. The number of hydrogen-bond donors (Lipinski definition) is 1. The molecule has 0 spiro atoms. The second-order valence-corrected chi connectivity index (χ2v) is 6.29. The normalized spacial score (nSPS) is 10.8. The lowest BCUT2D eigenvalue weighted by molar-refractivity contribution is 0.102. The molecule has 0 atom stereocenters. The van der Waals surface area contributed by atoms with Crippen molar-refractivity contribution in [2.45, 2.75) is 13.8 Å². The van der Waals surface area contributed by atoms with Crippen molar-refractivity contribution in [1.29, 1.82) is 0 Å². The Labute approximate surface area is 151 Å². The molecule has 3 aromatic carbocycles. The highest BCUT2D eigenvalue weighted by Gasteiger charge is 2.14. The zero-order valence-electron chi connectivity index (χ0n) is 14.6. The maximum atomic E-state index is 12.4. The molecule has 1 aromatic heterocycles. The van der Waals surface area contributed by atoms with Gasteiger partial charge in [0.25, 0.3) is 5.91 Å². The topological polar surface area (TPSA) is 55.1 Å². The van der Waals surface area contributed by atoms with Gasteiger partial charge in [-0.25, -0.2) is 4.98 Å². The van der Waals surface area contributed by atoms with Crippen LogP contribution in [0.15, 0.2) is 71.1 Å². The highest BCUT2D eigenvalue weighted by molar-refractivity contribution is 6.05. The molecule has 0 saturated carbocycles. The largest absolute Gasteiger partial charge is 0.436 e. The van der Waals surface area contributed by atoms with E-state index in [0.717, 1.165) is 33.5 Å². The lowest BCUT2D eigenvalue weighted by Crippen LogP contribution is -2.12. The first-order chi connectivity index (χ1) is 12.6. The fourth-order valence-electron chi connectivity index (χ4n) is 2.94. The summed E-state index contributed by atoms with van der Waals surface area (Å²) < 4.78 is 5.91. The molecular weight excluding hydrogens is 324 g/mol. The number of aromatic nitrogens is 1. The molecule has 1 N–H and O–H groups in total. The number of carbonyl (C=O) groups excluding carboxylic acids is 1. The first-order valence-electron chi connectivity index (χ1n) is 8.45. The molecule has 0 bridgehead atoms. The Hall–Kier alpha value is -3.40. The molecule has 0 aliphatic heterocycles. The zero-order chi connectivity index (χ0) is 18.1. The average molecular weight is 342 g/mol. The number of nitrogens with zero attached hydrogens (tertiary/aromatic N) is 1. The molecule has 4 heteroatoms. The molecule has 0 radical (unpaired) electrons. The molecule has 0 aliphatic carbocycles. The zero-order valence-corrected chi connectivity index (χ0v) is 14.6. The van der Waals surface area contributed by atoms with E-state index in [9.17, 15) is 4.79 Å². The maximum Gasteiger partial charge on any atom is 0.255 e. The molecule has 4 nitrogen and oxygen atoms in total. The summed E-state index contributed by atoms with van der Waals surface area (Å²) in [5.41, 5.74) is 5.87. The van der Waals surface area contributed by atoms with Crippen LogP contribution in [0.4, 0.5) is 5.69 Å². The monoisotopic (exact) mass is 342 g/mol. The molecule has 0 aliphatic rings. The van der Waals surface area contributed by atoms with Gasteiger partial charge in [-0.3, -0.25) is 4.79 Å². The predicted octanol–water partition coefficient (Wildman–Crippen LogP) is 5.36. The Morgan fingerprint density at radius 3 is 2.58 bits per heavy atom. The Morgan fingerprint density at radius 1 is 0.962 bits per heavy atom.